The Bertz CT molecular complexity index is 533. The van der Waals surface area contributed by atoms with Crippen molar-refractivity contribution in [2.75, 3.05) is 17.7 Å². The van der Waals surface area contributed by atoms with Crippen molar-refractivity contribution in [1.29, 1.82) is 0 Å². The van der Waals surface area contributed by atoms with Crippen LogP contribution in [0.5, 0.6) is 0 Å². The van der Waals surface area contributed by atoms with Crippen molar-refractivity contribution in [1.82, 2.24) is 9.97 Å². The molecule has 0 bridgehead atoms. The van der Waals surface area contributed by atoms with Gasteiger partial charge in [0.25, 0.3) is 0 Å². The summed E-state index contributed by atoms with van der Waals surface area (Å²) < 4.78 is 13.6. The molecule has 2 aromatic rings. The van der Waals surface area contributed by atoms with Crippen molar-refractivity contribution in [3.05, 3.63) is 40.9 Å². The lowest BCUT2D eigenvalue weighted by Gasteiger charge is -2.08. The fourth-order valence-electron chi connectivity index (χ4n) is 1.29. The third-order valence-corrected chi connectivity index (χ3v) is 2.77. The minimum Gasteiger partial charge on any atom is -0.373 e. The first kappa shape index (κ1) is 11.8. The molecule has 0 aliphatic carbocycles. The summed E-state index contributed by atoms with van der Waals surface area (Å²) in [5.74, 6) is 1.05. The normalized spacial score (nSPS) is 10.1. The Hall–Kier alpha value is -1.69. The molecule has 0 spiro atoms. The van der Waals surface area contributed by atoms with Crippen LogP contribution in [0.2, 0.25) is 0 Å². The molecule has 1 heterocycles. The fourth-order valence-corrected chi connectivity index (χ4v) is 1.74. The van der Waals surface area contributed by atoms with Crippen LogP contribution in [-0.4, -0.2) is 17.0 Å². The summed E-state index contributed by atoms with van der Waals surface area (Å²) in [5.41, 5.74) is 0.743. The molecule has 0 unspecified atom stereocenters. The van der Waals surface area contributed by atoms with E-state index in [0.717, 1.165) is 5.69 Å². The van der Waals surface area contributed by atoms with E-state index in [1.165, 1.54) is 18.5 Å². The second kappa shape index (κ2) is 5.09. The van der Waals surface area contributed by atoms with E-state index in [4.69, 9.17) is 0 Å². The van der Waals surface area contributed by atoms with E-state index in [1.807, 2.05) is 0 Å². The van der Waals surface area contributed by atoms with Crippen molar-refractivity contribution in [2.24, 2.45) is 0 Å². The Balaban J connectivity index is 2.25. The van der Waals surface area contributed by atoms with E-state index in [2.05, 4.69) is 36.5 Å². The SMILES string of the molecule is CNc1cc(Nc2ccc(F)cc2Br)ncn1. The van der Waals surface area contributed by atoms with Gasteiger partial charge in [-0.25, -0.2) is 14.4 Å². The number of nitrogens with one attached hydrogen (secondary N) is 2. The molecule has 2 rings (SSSR count). The highest BCUT2D eigenvalue weighted by Gasteiger charge is 2.03. The molecule has 0 saturated heterocycles. The molecule has 2 N–H and O–H groups in total. The summed E-state index contributed by atoms with van der Waals surface area (Å²) in [6, 6.07) is 6.17. The van der Waals surface area contributed by atoms with E-state index in [1.54, 1.807) is 19.2 Å². The zero-order valence-corrected chi connectivity index (χ0v) is 10.6. The predicted molar refractivity (Wildman–Crippen MR) is 69.0 cm³/mol. The molecule has 1 aromatic carbocycles. The first-order valence-electron chi connectivity index (χ1n) is 4.91. The zero-order chi connectivity index (χ0) is 12.3. The number of nitrogens with zero attached hydrogens (tertiary/aromatic N) is 2. The van der Waals surface area contributed by atoms with Crippen LogP contribution in [0.4, 0.5) is 21.7 Å². The summed E-state index contributed by atoms with van der Waals surface area (Å²) in [5, 5.41) is 5.98. The second-order valence-corrected chi connectivity index (χ2v) is 4.14. The lowest BCUT2D eigenvalue weighted by Crippen LogP contribution is -1.98. The first-order valence-corrected chi connectivity index (χ1v) is 5.70. The number of aromatic nitrogens is 2. The Morgan fingerprint density at radius 2 is 1.94 bits per heavy atom. The van der Waals surface area contributed by atoms with Crippen LogP contribution in [0, 0.1) is 5.82 Å². The topological polar surface area (TPSA) is 49.8 Å². The lowest BCUT2D eigenvalue weighted by atomic mass is 10.3. The van der Waals surface area contributed by atoms with Crippen LogP contribution in [0.25, 0.3) is 0 Å². The molecular formula is C11H10BrFN4. The fraction of sp³-hybridized carbons (Fsp3) is 0.0909. The molecule has 1 aromatic heterocycles. The van der Waals surface area contributed by atoms with Gasteiger partial charge in [0.1, 0.15) is 23.8 Å². The van der Waals surface area contributed by atoms with Crippen LogP contribution in [0.15, 0.2) is 35.1 Å². The van der Waals surface area contributed by atoms with E-state index in [-0.39, 0.29) is 5.82 Å². The standard InChI is InChI=1S/C11H10BrFN4/c1-14-10-5-11(16-6-15-10)17-9-3-2-7(13)4-8(9)12/h2-6H,1H3,(H2,14,15,16,17). The maximum atomic E-state index is 12.9. The Morgan fingerprint density at radius 1 is 1.18 bits per heavy atom. The number of halogens is 2. The monoisotopic (exact) mass is 296 g/mol. The predicted octanol–water partition coefficient (Wildman–Crippen LogP) is 3.16. The lowest BCUT2D eigenvalue weighted by molar-refractivity contribution is 0.627. The number of hydrogen-bond acceptors (Lipinski definition) is 4. The average Bonchev–Trinajstić information content (AvgIpc) is 2.33. The molecule has 0 radical (unpaired) electrons. The van der Waals surface area contributed by atoms with Crippen molar-refractivity contribution >= 4 is 33.3 Å². The van der Waals surface area contributed by atoms with Crippen molar-refractivity contribution < 1.29 is 4.39 Å². The summed E-state index contributed by atoms with van der Waals surface area (Å²) in [4.78, 5) is 8.07. The summed E-state index contributed by atoms with van der Waals surface area (Å²) in [7, 11) is 1.78. The average molecular weight is 297 g/mol. The Morgan fingerprint density at radius 3 is 2.65 bits per heavy atom. The van der Waals surface area contributed by atoms with Gasteiger partial charge < -0.3 is 10.6 Å². The molecule has 0 atom stereocenters. The summed E-state index contributed by atoms with van der Waals surface area (Å²) in [6.45, 7) is 0. The van der Waals surface area contributed by atoms with Gasteiger partial charge in [-0.2, -0.15) is 0 Å². The highest BCUT2D eigenvalue weighted by atomic mass is 79.9. The Labute approximate surface area is 106 Å². The van der Waals surface area contributed by atoms with Crippen molar-refractivity contribution in [2.45, 2.75) is 0 Å². The zero-order valence-electron chi connectivity index (χ0n) is 9.04. The third kappa shape index (κ3) is 2.91. The molecule has 4 nitrogen and oxygen atoms in total. The molecule has 0 aliphatic rings. The maximum absolute atomic E-state index is 12.9. The minimum atomic E-state index is -0.291. The molecule has 0 amide bonds. The second-order valence-electron chi connectivity index (χ2n) is 3.29. The van der Waals surface area contributed by atoms with Gasteiger partial charge in [-0.3, -0.25) is 0 Å². The van der Waals surface area contributed by atoms with E-state index < -0.39 is 0 Å². The van der Waals surface area contributed by atoms with E-state index >= 15 is 0 Å². The van der Waals surface area contributed by atoms with E-state index in [0.29, 0.717) is 16.1 Å². The molecular weight excluding hydrogens is 287 g/mol. The molecule has 0 fully saturated rings. The molecule has 0 aliphatic heterocycles. The highest BCUT2D eigenvalue weighted by Crippen LogP contribution is 2.26. The maximum Gasteiger partial charge on any atom is 0.135 e. The van der Waals surface area contributed by atoms with Gasteiger partial charge in [-0.15, -0.1) is 0 Å². The quantitative estimate of drug-likeness (QED) is 0.913. The van der Waals surface area contributed by atoms with Crippen molar-refractivity contribution in [3.63, 3.8) is 0 Å². The van der Waals surface area contributed by atoms with Crippen LogP contribution in [0.1, 0.15) is 0 Å². The van der Waals surface area contributed by atoms with Crippen LogP contribution in [-0.2, 0) is 0 Å². The Kier molecular flexibility index (Phi) is 3.53. The molecule has 17 heavy (non-hydrogen) atoms. The number of rotatable bonds is 3. The first-order chi connectivity index (χ1) is 8.19. The number of anilines is 3. The number of benzene rings is 1. The van der Waals surface area contributed by atoms with Gasteiger partial charge >= 0.3 is 0 Å². The molecule has 0 saturated carbocycles. The van der Waals surface area contributed by atoms with Crippen LogP contribution < -0.4 is 10.6 Å². The van der Waals surface area contributed by atoms with Gasteiger partial charge in [0.15, 0.2) is 0 Å². The van der Waals surface area contributed by atoms with Gasteiger partial charge in [0.2, 0.25) is 0 Å². The van der Waals surface area contributed by atoms with E-state index in [9.17, 15) is 4.39 Å². The largest absolute Gasteiger partial charge is 0.373 e. The molecule has 6 heteroatoms. The minimum absolute atomic E-state index is 0.291. The summed E-state index contributed by atoms with van der Waals surface area (Å²) >= 11 is 3.28. The van der Waals surface area contributed by atoms with Crippen molar-refractivity contribution in [3.8, 4) is 0 Å². The van der Waals surface area contributed by atoms with Crippen LogP contribution in [0.3, 0.4) is 0 Å². The van der Waals surface area contributed by atoms with Gasteiger partial charge in [0, 0.05) is 17.6 Å². The molecule has 88 valence electrons. The third-order valence-electron chi connectivity index (χ3n) is 2.12. The summed E-state index contributed by atoms with van der Waals surface area (Å²) in [6.07, 6.45) is 1.45. The van der Waals surface area contributed by atoms with Gasteiger partial charge in [-0.05, 0) is 34.1 Å². The van der Waals surface area contributed by atoms with Gasteiger partial charge in [0.05, 0.1) is 5.69 Å². The number of hydrogen-bond donors (Lipinski definition) is 2. The van der Waals surface area contributed by atoms with Crippen LogP contribution >= 0.6 is 15.9 Å². The van der Waals surface area contributed by atoms with Gasteiger partial charge in [-0.1, -0.05) is 0 Å². The smallest absolute Gasteiger partial charge is 0.135 e. The highest BCUT2D eigenvalue weighted by molar-refractivity contribution is 9.10.